The van der Waals surface area contributed by atoms with Crippen molar-refractivity contribution in [2.45, 2.75) is 6.61 Å². The summed E-state index contributed by atoms with van der Waals surface area (Å²) in [4.78, 5) is 0. The van der Waals surface area contributed by atoms with Crippen LogP contribution >= 0.6 is 0 Å². The van der Waals surface area contributed by atoms with Crippen molar-refractivity contribution in [3.63, 3.8) is 0 Å². The smallest absolute Gasteiger partial charge is 0.135 e. The fourth-order valence-corrected chi connectivity index (χ4v) is 2.15. The third-order valence-corrected chi connectivity index (χ3v) is 3.18. The maximum atomic E-state index is 13.6. The Bertz CT molecular complexity index is 753. The molecular formula is C17H13FO2. The molecule has 0 aliphatic carbocycles. The van der Waals surface area contributed by atoms with Gasteiger partial charge in [0.2, 0.25) is 0 Å². The Kier molecular flexibility index (Phi) is 3.35. The van der Waals surface area contributed by atoms with Gasteiger partial charge in [0.15, 0.2) is 0 Å². The van der Waals surface area contributed by atoms with Crippen LogP contribution in [0.5, 0.6) is 11.5 Å². The van der Waals surface area contributed by atoms with Crippen molar-refractivity contribution >= 4 is 10.8 Å². The Morgan fingerprint density at radius 2 is 1.70 bits per heavy atom. The van der Waals surface area contributed by atoms with Gasteiger partial charge in [-0.05, 0) is 35.0 Å². The zero-order valence-corrected chi connectivity index (χ0v) is 10.7. The van der Waals surface area contributed by atoms with E-state index in [1.807, 2.05) is 42.5 Å². The van der Waals surface area contributed by atoms with Gasteiger partial charge in [0.05, 0.1) is 12.2 Å². The molecular weight excluding hydrogens is 255 g/mol. The second kappa shape index (κ2) is 5.31. The van der Waals surface area contributed by atoms with E-state index in [0.717, 1.165) is 10.8 Å². The molecule has 0 fully saturated rings. The number of ether oxygens (including phenoxy) is 1. The molecule has 2 nitrogen and oxygen atoms in total. The number of rotatable bonds is 3. The molecule has 0 aromatic heterocycles. The van der Waals surface area contributed by atoms with Gasteiger partial charge in [-0.1, -0.05) is 36.4 Å². The monoisotopic (exact) mass is 268 g/mol. The van der Waals surface area contributed by atoms with Crippen molar-refractivity contribution in [1.29, 1.82) is 0 Å². The third-order valence-electron chi connectivity index (χ3n) is 3.18. The quantitative estimate of drug-likeness (QED) is 0.769. The predicted octanol–water partition coefficient (Wildman–Crippen LogP) is 4.26. The van der Waals surface area contributed by atoms with Crippen molar-refractivity contribution in [3.05, 3.63) is 72.0 Å². The van der Waals surface area contributed by atoms with Crippen LogP contribution in [0.3, 0.4) is 0 Å². The van der Waals surface area contributed by atoms with Gasteiger partial charge in [0, 0.05) is 0 Å². The Hall–Kier alpha value is -2.39. The molecule has 0 amide bonds. The summed E-state index contributed by atoms with van der Waals surface area (Å²) in [5, 5.41) is 11.4. The first-order chi connectivity index (χ1) is 9.78. The second-order valence-corrected chi connectivity index (χ2v) is 4.49. The summed E-state index contributed by atoms with van der Waals surface area (Å²) >= 11 is 0. The van der Waals surface area contributed by atoms with Crippen molar-refractivity contribution < 1.29 is 14.2 Å². The molecule has 0 atom stereocenters. The molecule has 0 spiro atoms. The van der Waals surface area contributed by atoms with E-state index < -0.39 is 12.4 Å². The first-order valence-corrected chi connectivity index (χ1v) is 6.33. The average Bonchev–Trinajstić information content (AvgIpc) is 2.47. The maximum Gasteiger partial charge on any atom is 0.135 e. The largest absolute Gasteiger partial charge is 0.457 e. The highest BCUT2D eigenvalue weighted by Crippen LogP contribution is 2.29. The minimum atomic E-state index is -0.467. The molecule has 100 valence electrons. The van der Waals surface area contributed by atoms with E-state index in [2.05, 4.69) is 0 Å². The standard InChI is InChI=1S/C17H13FO2/c18-16-6-3-7-17(15(16)11-19)20-14-9-8-12-4-1-2-5-13(12)10-14/h1-10,19H,11H2. The van der Waals surface area contributed by atoms with Gasteiger partial charge in [-0.15, -0.1) is 0 Å². The fourth-order valence-electron chi connectivity index (χ4n) is 2.15. The van der Waals surface area contributed by atoms with Gasteiger partial charge in [0.25, 0.3) is 0 Å². The van der Waals surface area contributed by atoms with Crippen LogP contribution in [0.2, 0.25) is 0 Å². The summed E-state index contributed by atoms with van der Waals surface area (Å²) < 4.78 is 19.3. The van der Waals surface area contributed by atoms with Crippen LogP contribution in [0.4, 0.5) is 4.39 Å². The number of fused-ring (bicyclic) bond motifs is 1. The van der Waals surface area contributed by atoms with Crippen LogP contribution in [0.1, 0.15) is 5.56 Å². The number of hydrogen-bond donors (Lipinski definition) is 1. The predicted molar refractivity (Wildman–Crippen MR) is 76.3 cm³/mol. The van der Waals surface area contributed by atoms with Crippen LogP contribution in [0.15, 0.2) is 60.7 Å². The second-order valence-electron chi connectivity index (χ2n) is 4.49. The molecule has 0 radical (unpaired) electrons. The Morgan fingerprint density at radius 1 is 0.900 bits per heavy atom. The summed E-state index contributed by atoms with van der Waals surface area (Å²) in [6, 6.07) is 18.1. The van der Waals surface area contributed by atoms with E-state index in [1.54, 1.807) is 12.1 Å². The number of hydrogen-bond acceptors (Lipinski definition) is 2. The molecule has 0 saturated heterocycles. The molecule has 3 rings (SSSR count). The summed E-state index contributed by atoms with van der Waals surface area (Å²) in [7, 11) is 0. The molecule has 0 unspecified atom stereocenters. The zero-order chi connectivity index (χ0) is 13.9. The van der Waals surface area contributed by atoms with E-state index >= 15 is 0 Å². The van der Waals surface area contributed by atoms with Crippen LogP contribution in [0, 0.1) is 5.82 Å². The highest BCUT2D eigenvalue weighted by atomic mass is 19.1. The van der Waals surface area contributed by atoms with Gasteiger partial charge >= 0.3 is 0 Å². The minimum Gasteiger partial charge on any atom is -0.457 e. The lowest BCUT2D eigenvalue weighted by Gasteiger charge is -2.11. The molecule has 20 heavy (non-hydrogen) atoms. The van der Waals surface area contributed by atoms with E-state index in [1.165, 1.54) is 6.07 Å². The number of aliphatic hydroxyl groups is 1. The van der Waals surface area contributed by atoms with E-state index in [0.29, 0.717) is 11.5 Å². The third kappa shape index (κ3) is 2.36. The highest BCUT2D eigenvalue weighted by Gasteiger charge is 2.09. The number of halogens is 1. The van der Waals surface area contributed by atoms with E-state index in [-0.39, 0.29) is 5.56 Å². The summed E-state index contributed by atoms with van der Waals surface area (Å²) in [5.74, 6) is 0.484. The van der Waals surface area contributed by atoms with Crippen molar-refractivity contribution in [1.82, 2.24) is 0 Å². The molecule has 0 aliphatic heterocycles. The molecule has 0 aliphatic rings. The Labute approximate surface area is 116 Å². The van der Waals surface area contributed by atoms with E-state index in [4.69, 9.17) is 4.74 Å². The Morgan fingerprint density at radius 3 is 2.50 bits per heavy atom. The lowest BCUT2D eigenvalue weighted by molar-refractivity contribution is 0.270. The van der Waals surface area contributed by atoms with Gasteiger partial charge in [0.1, 0.15) is 17.3 Å². The number of benzene rings is 3. The van der Waals surface area contributed by atoms with Gasteiger partial charge in [-0.25, -0.2) is 4.39 Å². The van der Waals surface area contributed by atoms with Crippen LogP contribution in [-0.2, 0) is 6.61 Å². The molecule has 1 N–H and O–H groups in total. The van der Waals surface area contributed by atoms with E-state index in [9.17, 15) is 9.50 Å². The first kappa shape index (κ1) is 12.6. The SMILES string of the molecule is OCc1c(F)cccc1Oc1ccc2ccccc2c1. The molecule has 3 heteroatoms. The molecule has 3 aromatic rings. The molecule has 0 bridgehead atoms. The van der Waals surface area contributed by atoms with Crippen LogP contribution in [0.25, 0.3) is 10.8 Å². The fraction of sp³-hybridized carbons (Fsp3) is 0.0588. The maximum absolute atomic E-state index is 13.6. The van der Waals surface area contributed by atoms with Crippen LogP contribution in [-0.4, -0.2) is 5.11 Å². The summed E-state index contributed by atoms with van der Waals surface area (Å²) in [6.07, 6.45) is 0. The minimum absolute atomic E-state index is 0.167. The lowest BCUT2D eigenvalue weighted by atomic mass is 10.1. The first-order valence-electron chi connectivity index (χ1n) is 6.33. The Balaban J connectivity index is 1.99. The summed E-state index contributed by atoms with van der Waals surface area (Å²) in [6.45, 7) is -0.393. The topological polar surface area (TPSA) is 29.5 Å². The van der Waals surface area contributed by atoms with Crippen molar-refractivity contribution in [2.24, 2.45) is 0 Å². The van der Waals surface area contributed by atoms with Gasteiger partial charge in [-0.3, -0.25) is 0 Å². The lowest BCUT2D eigenvalue weighted by Crippen LogP contribution is -1.95. The zero-order valence-electron chi connectivity index (χ0n) is 10.7. The van der Waals surface area contributed by atoms with Crippen LogP contribution < -0.4 is 4.74 Å². The van der Waals surface area contributed by atoms with Crippen molar-refractivity contribution in [3.8, 4) is 11.5 Å². The normalized spacial score (nSPS) is 10.7. The van der Waals surface area contributed by atoms with Crippen molar-refractivity contribution in [2.75, 3.05) is 0 Å². The molecule has 3 aromatic carbocycles. The highest BCUT2D eigenvalue weighted by molar-refractivity contribution is 5.83. The van der Waals surface area contributed by atoms with Gasteiger partial charge in [-0.2, -0.15) is 0 Å². The molecule has 0 saturated carbocycles. The average molecular weight is 268 g/mol. The summed E-state index contributed by atoms with van der Waals surface area (Å²) in [5.41, 5.74) is 0.167. The molecule has 0 heterocycles. The van der Waals surface area contributed by atoms with Gasteiger partial charge < -0.3 is 9.84 Å². The number of aliphatic hydroxyl groups excluding tert-OH is 1.